The summed E-state index contributed by atoms with van der Waals surface area (Å²) >= 11 is 1.11. The van der Waals surface area contributed by atoms with Crippen LogP contribution < -0.4 is 4.90 Å². The summed E-state index contributed by atoms with van der Waals surface area (Å²) in [5.41, 5.74) is 0.991. The average molecular weight is 291 g/mol. The van der Waals surface area contributed by atoms with E-state index >= 15 is 0 Å². The molecule has 0 aliphatic carbocycles. The summed E-state index contributed by atoms with van der Waals surface area (Å²) in [4.78, 5) is 24.5. The number of amides is 1. The second-order valence-electron chi connectivity index (χ2n) is 4.08. The SMILES string of the molecule is O=C(O)CCCN(C(=O)c1csnn1)c1ccccc1. The third-order valence-corrected chi connectivity index (χ3v) is 3.17. The van der Waals surface area contributed by atoms with Gasteiger partial charge >= 0.3 is 5.97 Å². The van der Waals surface area contributed by atoms with E-state index in [9.17, 15) is 9.59 Å². The minimum atomic E-state index is -0.874. The fourth-order valence-corrected chi connectivity index (χ4v) is 2.17. The van der Waals surface area contributed by atoms with Crippen LogP contribution in [0.5, 0.6) is 0 Å². The van der Waals surface area contributed by atoms with Crippen LogP contribution in [-0.4, -0.2) is 33.1 Å². The highest BCUT2D eigenvalue weighted by Gasteiger charge is 2.19. The summed E-state index contributed by atoms with van der Waals surface area (Å²) in [6.07, 6.45) is 0.402. The van der Waals surface area contributed by atoms with E-state index in [-0.39, 0.29) is 18.0 Å². The molecule has 20 heavy (non-hydrogen) atoms. The van der Waals surface area contributed by atoms with Crippen LogP contribution in [-0.2, 0) is 4.79 Å². The van der Waals surface area contributed by atoms with Crippen LogP contribution in [0.15, 0.2) is 35.7 Å². The van der Waals surface area contributed by atoms with E-state index < -0.39 is 5.97 Å². The molecular formula is C13H13N3O3S. The van der Waals surface area contributed by atoms with Gasteiger partial charge in [-0.2, -0.15) is 0 Å². The molecule has 0 saturated carbocycles. The fourth-order valence-electron chi connectivity index (χ4n) is 1.74. The molecule has 1 amide bonds. The van der Waals surface area contributed by atoms with Gasteiger partial charge in [-0.1, -0.05) is 22.7 Å². The minimum absolute atomic E-state index is 0.0198. The summed E-state index contributed by atoms with van der Waals surface area (Å²) in [7, 11) is 0. The third-order valence-electron chi connectivity index (χ3n) is 2.66. The molecule has 2 rings (SSSR count). The summed E-state index contributed by atoms with van der Waals surface area (Å²) < 4.78 is 3.68. The zero-order valence-electron chi connectivity index (χ0n) is 10.6. The van der Waals surface area contributed by atoms with Crippen molar-refractivity contribution in [3.05, 3.63) is 41.4 Å². The molecule has 0 radical (unpaired) electrons. The van der Waals surface area contributed by atoms with Crippen molar-refractivity contribution in [2.45, 2.75) is 12.8 Å². The molecule has 0 unspecified atom stereocenters. The molecule has 1 aromatic heterocycles. The van der Waals surface area contributed by atoms with E-state index in [0.29, 0.717) is 13.0 Å². The Bertz CT molecular complexity index is 572. The summed E-state index contributed by atoms with van der Waals surface area (Å²) in [5, 5.41) is 14.0. The number of anilines is 1. The fraction of sp³-hybridized carbons (Fsp3) is 0.231. The Morgan fingerprint density at radius 1 is 1.25 bits per heavy atom. The summed E-state index contributed by atoms with van der Waals surface area (Å²) in [5.74, 6) is -1.14. The van der Waals surface area contributed by atoms with Crippen LogP contribution >= 0.6 is 11.5 Å². The third kappa shape index (κ3) is 3.61. The molecule has 0 fully saturated rings. The number of aromatic nitrogens is 2. The van der Waals surface area contributed by atoms with E-state index in [1.54, 1.807) is 17.5 Å². The van der Waals surface area contributed by atoms with E-state index in [0.717, 1.165) is 17.2 Å². The lowest BCUT2D eigenvalue weighted by Crippen LogP contribution is -2.32. The maximum Gasteiger partial charge on any atom is 0.303 e. The molecule has 0 spiro atoms. The van der Waals surface area contributed by atoms with Gasteiger partial charge in [0.15, 0.2) is 5.69 Å². The van der Waals surface area contributed by atoms with Crippen LogP contribution in [0.4, 0.5) is 5.69 Å². The number of hydrogen-bond donors (Lipinski definition) is 1. The van der Waals surface area contributed by atoms with Crippen molar-refractivity contribution in [2.24, 2.45) is 0 Å². The molecule has 1 N–H and O–H groups in total. The van der Waals surface area contributed by atoms with Crippen molar-refractivity contribution in [3.63, 3.8) is 0 Å². The molecular weight excluding hydrogens is 278 g/mol. The normalized spacial score (nSPS) is 10.2. The topological polar surface area (TPSA) is 83.4 Å². The van der Waals surface area contributed by atoms with E-state index in [2.05, 4.69) is 9.59 Å². The van der Waals surface area contributed by atoms with Gasteiger partial charge < -0.3 is 10.0 Å². The lowest BCUT2D eigenvalue weighted by molar-refractivity contribution is -0.137. The number of carbonyl (C=O) groups is 2. The molecule has 104 valence electrons. The highest BCUT2D eigenvalue weighted by Crippen LogP contribution is 2.17. The number of nitrogens with zero attached hydrogens (tertiary/aromatic N) is 3. The van der Waals surface area contributed by atoms with Gasteiger partial charge in [0.25, 0.3) is 5.91 Å². The minimum Gasteiger partial charge on any atom is -0.481 e. The van der Waals surface area contributed by atoms with E-state index in [1.165, 1.54) is 4.90 Å². The zero-order valence-corrected chi connectivity index (χ0v) is 11.4. The van der Waals surface area contributed by atoms with Gasteiger partial charge in [0, 0.05) is 24.0 Å². The molecule has 2 aromatic rings. The number of aliphatic carboxylic acids is 1. The molecule has 6 nitrogen and oxygen atoms in total. The monoisotopic (exact) mass is 291 g/mol. The smallest absolute Gasteiger partial charge is 0.303 e. The number of carboxylic acids is 1. The summed E-state index contributed by atoms with van der Waals surface area (Å²) in [6, 6.07) is 9.11. The quantitative estimate of drug-likeness (QED) is 0.880. The van der Waals surface area contributed by atoms with Crippen LogP contribution in [0.2, 0.25) is 0 Å². The molecule has 0 aliphatic rings. The molecule has 1 heterocycles. The van der Waals surface area contributed by atoms with Gasteiger partial charge in [-0.05, 0) is 30.1 Å². The first-order valence-electron chi connectivity index (χ1n) is 6.04. The van der Waals surface area contributed by atoms with Gasteiger partial charge in [0.2, 0.25) is 0 Å². The first kappa shape index (κ1) is 14.1. The highest BCUT2D eigenvalue weighted by atomic mass is 32.1. The number of carbonyl (C=O) groups excluding carboxylic acids is 1. The lowest BCUT2D eigenvalue weighted by Gasteiger charge is -2.21. The predicted molar refractivity (Wildman–Crippen MR) is 74.9 cm³/mol. The number of benzene rings is 1. The van der Waals surface area contributed by atoms with Crippen LogP contribution in [0, 0.1) is 0 Å². The Hall–Kier alpha value is -2.28. The van der Waals surface area contributed by atoms with Crippen LogP contribution in [0.1, 0.15) is 23.3 Å². The molecule has 7 heteroatoms. The predicted octanol–water partition coefficient (Wildman–Crippen LogP) is 2.05. The van der Waals surface area contributed by atoms with Gasteiger partial charge in [-0.3, -0.25) is 9.59 Å². The van der Waals surface area contributed by atoms with E-state index in [1.807, 2.05) is 18.2 Å². The highest BCUT2D eigenvalue weighted by molar-refractivity contribution is 7.03. The number of hydrogen-bond acceptors (Lipinski definition) is 5. The standard InChI is InChI=1S/C13H13N3O3S/c17-12(18)7-4-8-16(10-5-2-1-3-6-10)13(19)11-9-20-15-14-11/h1-3,5-6,9H,4,7-8H2,(H,17,18). The average Bonchev–Trinajstić information content (AvgIpc) is 2.98. The van der Waals surface area contributed by atoms with Crippen molar-refractivity contribution in [3.8, 4) is 0 Å². The van der Waals surface area contributed by atoms with Gasteiger partial charge in [-0.15, -0.1) is 5.10 Å². The van der Waals surface area contributed by atoms with Gasteiger partial charge in [-0.25, -0.2) is 0 Å². The first-order valence-corrected chi connectivity index (χ1v) is 6.88. The Labute approximate surface area is 119 Å². The molecule has 0 bridgehead atoms. The second kappa shape index (κ2) is 6.76. The largest absolute Gasteiger partial charge is 0.481 e. The zero-order chi connectivity index (χ0) is 14.4. The van der Waals surface area contributed by atoms with Crippen molar-refractivity contribution < 1.29 is 14.7 Å². The van der Waals surface area contributed by atoms with Crippen molar-refractivity contribution >= 4 is 29.1 Å². The molecule has 1 aromatic carbocycles. The first-order chi connectivity index (χ1) is 9.68. The molecule has 0 aliphatic heterocycles. The number of rotatable bonds is 6. The van der Waals surface area contributed by atoms with Crippen LogP contribution in [0.25, 0.3) is 0 Å². The number of carboxylic acid groups (broad SMARTS) is 1. The maximum atomic E-state index is 12.4. The van der Waals surface area contributed by atoms with Crippen molar-refractivity contribution in [1.29, 1.82) is 0 Å². The Kier molecular flexibility index (Phi) is 4.78. The Morgan fingerprint density at radius 3 is 2.60 bits per heavy atom. The maximum absolute atomic E-state index is 12.4. The summed E-state index contributed by atoms with van der Waals surface area (Å²) in [6.45, 7) is 0.326. The van der Waals surface area contributed by atoms with Crippen LogP contribution in [0.3, 0.4) is 0 Å². The second-order valence-corrected chi connectivity index (χ2v) is 4.69. The molecule has 0 atom stereocenters. The van der Waals surface area contributed by atoms with E-state index in [4.69, 9.17) is 5.11 Å². The Balaban J connectivity index is 2.16. The Morgan fingerprint density at radius 2 is 2.00 bits per heavy atom. The molecule has 0 saturated heterocycles. The van der Waals surface area contributed by atoms with Gasteiger partial charge in [0.05, 0.1) is 0 Å². The van der Waals surface area contributed by atoms with Gasteiger partial charge in [0.1, 0.15) is 0 Å². The number of para-hydroxylation sites is 1. The lowest BCUT2D eigenvalue weighted by atomic mass is 10.2. The van der Waals surface area contributed by atoms with Crippen molar-refractivity contribution in [2.75, 3.05) is 11.4 Å². The van der Waals surface area contributed by atoms with Crippen molar-refractivity contribution in [1.82, 2.24) is 9.59 Å².